The summed E-state index contributed by atoms with van der Waals surface area (Å²) in [5.41, 5.74) is 5.92. The Kier molecular flexibility index (Phi) is 3.86. The van der Waals surface area contributed by atoms with E-state index in [-0.39, 0.29) is 0 Å². The molecule has 0 fully saturated rings. The average Bonchev–Trinajstić information content (AvgIpc) is 3.25. The second-order valence-corrected chi connectivity index (χ2v) is 6.01. The molecular formula is C16H15IN6. The maximum Gasteiger partial charge on any atom is 0.145 e. The average molecular weight is 418 g/mol. The fourth-order valence-electron chi connectivity index (χ4n) is 2.97. The molecule has 0 amide bonds. The van der Waals surface area contributed by atoms with Gasteiger partial charge in [-0.1, -0.05) is 12.1 Å². The Morgan fingerprint density at radius 3 is 3.04 bits per heavy atom. The summed E-state index contributed by atoms with van der Waals surface area (Å²) in [4.78, 5) is 18.1. The Hall–Kier alpha value is -2.16. The molecule has 0 spiro atoms. The number of nitrogens with zero attached hydrogens (tertiary/aromatic N) is 4. The molecule has 0 atom stereocenters. The molecule has 0 unspecified atom stereocenters. The normalized spacial score (nSPS) is 13.2. The lowest BCUT2D eigenvalue weighted by Crippen LogP contribution is -2.19. The highest BCUT2D eigenvalue weighted by molar-refractivity contribution is 14.1. The zero-order valence-corrected chi connectivity index (χ0v) is 14.5. The van der Waals surface area contributed by atoms with Crippen LogP contribution in [0, 0.1) is 0 Å². The number of H-pyrrole nitrogens is 1. The quantitative estimate of drug-likeness (QED) is 0.503. The first-order chi connectivity index (χ1) is 11.3. The van der Waals surface area contributed by atoms with E-state index in [2.05, 4.69) is 69.4 Å². The summed E-state index contributed by atoms with van der Waals surface area (Å²) in [5.74, 6) is 0.832. The molecule has 23 heavy (non-hydrogen) atoms. The van der Waals surface area contributed by atoms with Crippen molar-refractivity contribution in [2.45, 2.75) is 13.0 Å². The lowest BCUT2D eigenvalue weighted by Gasteiger charge is -2.19. The van der Waals surface area contributed by atoms with Crippen molar-refractivity contribution < 1.29 is 0 Å². The zero-order chi connectivity index (χ0) is 15.6. The van der Waals surface area contributed by atoms with Crippen molar-refractivity contribution in [2.24, 2.45) is 0 Å². The van der Waals surface area contributed by atoms with Crippen LogP contribution in [0.2, 0.25) is 0 Å². The predicted octanol–water partition coefficient (Wildman–Crippen LogP) is 3.19. The summed E-state index contributed by atoms with van der Waals surface area (Å²) < 4.78 is 3.10. The topological polar surface area (TPSA) is 69.7 Å². The third kappa shape index (κ3) is 2.76. The van der Waals surface area contributed by atoms with E-state index in [9.17, 15) is 0 Å². The van der Waals surface area contributed by atoms with Crippen molar-refractivity contribution in [3.63, 3.8) is 0 Å². The molecule has 0 radical (unpaired) electrons. The van der Waals surface area contributed by atoms with Gasteiger partial charge in [-0.2, -0.15) is 0 Å². The summed E-state index contributed by atoms with van der Waals surface area (Å²) in [6.45, 7) is 1.87. The molecular weight excluding hydrogens is 403 g/mol. The summed E-state index contributed by atoms with van der Waals surface area (Å²) in [5, 5.41) is 0. The van der Waals surface area contributed by atoms with Gasteiger partial charge in [0.25, 0.3) is 0 Å². The van der Waals surface area contributed by atoms with E-state index in [4.69, 9.17) is 0 Å². The molecule has 2 aromatic heterocycles. The summed E-state index contributed by atoms with van der Waals surface area (Å²) in [7, 11) is 0. The van der Waals surface area contributed by atoms with Gasteiger partial charge in [0, 0.05) is 30.2 Å². The molecule has 3 aromatic rings. The number of hydrogen-bond acceptors (Lipinski definition) is 5. The second-order valence-electron chi connectivity index (χ2n) is 5.47. The van der Waals surface area contributed by atoms with E-state index in [1.165, 1.54) is 11.3 Å². The first-order valence-corrected chi connectivity index (χ1v) is 8.45. The molecule has 0 bridgehead atoms. The van der Waals surface area contributed by atoms with Gasteiger partial charge in [0.2, 0.25) is 0 Å². The number of aromatic nitrogens is 4. The number of halogens is 1. The molecule has 1 aliphatic rings. The van der Waals surface area contributed by atoms with Crippen molar-refractivity contribution in [1.82, 2.24) is 19.9 Å². The molecule has 6 nitrogen and oxygen atoms in total. The van der Waals surface area contributed by atoms with Crippen LogP contribution in [0.3, 0.4) is 0 Å². The molecule has 1 aromatic carbocycles. The van der Waals surface area contributed by atoms with Crippen LogP contribution in [0.4, 0.5) is 11.5 Å². The van der Waals surface area contributed by atoms with Gasteiger partial charge >= 0.3 is 0 Å². The molecule has 0 saturated carbocycles. The first kappa shape index (κ1) is 14.4. The van der Waals surface area contributed by atoms with Gasteiger partial charge in [0.05, 0.1) is 41.4 Å². The van der Waals surface area contributed by atoms with E-state index in [1.54, 1.807) is 12.7 Å². The molecule has 0 saturated heterocycles. The molecule has 4 rings (SSSR count). The van der Waals surface area contributed by atoms with Gasteiger partial charge in [0.15, 0.2) is 0 Å². The fraction of sp³-hybridized carbons (Fsp3) is 0.188. The zero-order valence-electron chi connectivity index (χ0n) is 12.3. The first-order valence-electron chi connectivity index (χ1n) is 7.37. The van der Waals surface area contributed by atoms with Crippen molar-refractivity contribution in [3.8, 4) is 11.1 Å². The Labute approximate surface area is 147 Å². The van der Waals surface area contributed by atoms with E-state index in [1.807, 2.05) is 12.4 Å². The van der Waals surface area contributed by atoms with Gasteiger partial charge in [-0.25, -0.2) is 15.0 Å². The fourth-order valence-corrected chi connectivity index (χ4v) is 3.40. The molecule has 116 valence electrons. The maximum absolute atomic E-state index is 4.29. The van der Waals surface area contributed by atoms with Crippen molar-refractivity contribution in [2.75, 3.05) is 15.0 Å². The minimum atomic E-state index is 0.832. The summed E-state index contributed by atoms with van der Waals surface area (Å²) in [6.07, 6.45) is 8.09. The number of benzene rings is 1. The number of aromatic amines is 1. The highest BCUT2D eigenvalue weighted by Crippen LogP contribution is 2.35. The Morgan fingerprint density at radius 2 is 2.22 bits per heavy atom. The number of rotatable bonds is 4. The van der Waals surface area contributed by atoms with E-state index >= 15 is 0 Å². The van der Waals surface area contributed by atoms with Crippen LogP contribution in [0.15, 0.2) is 43.2 Å². The van der Waals surface area contributed by atoms with Gasteiger partial charge in [-0.15, -0.1) is 0 Å². The van der Waals surface area contributed by atoms with E-state index < -0.39 is 0 Å². The van der Waals surface area contributed by atoms with Gasteiger partial charge in [0.1, 0.15) is 12.1 Å². The van der Waals surface area contributed by atoms with Crippen LogP contribution in [-0.4, -0.2) is 26.5 Å². The lowest BCUT2D eigenvalue weighted by molar-refractivity contribution is 0.819. The monoisotopic (exact) mass is 418 g/mol. The third-order valence-corrected chi connectivity index (χ3v) is 4.62. The van der Waals surface area contributed by atoms with Crippen LogP contribution in [0.1, 0.15) is 11.3 Å². The van der Waals surface area contributed by atoms with Crippen molar-refractivity contribution >= 4 is 34.4 Å². The van der Waals surface area contributed by atoms with Crippen LogP contribution in [0.25, 0.3) is 11.1 Å². The molecule has 7 heteroatoms. The molecule has 1 aliphatic heterocycles. The molecule has 3 heterocycles. The number of anilines is 2. The standard InChI is InChI=1S/C16H15IN6/c17-22-16-14(7-19-10-21-16)12-2-1-11-3-4-23(15(11)5-12)8-13-6-18-9-20-13/h1-2,5-7,9-10H,3-4,8H2,(H,18,20)(H,19,21,22). The SMILES string of the molecule is INc1ncncc1-c1ccc2c(c1)N(Cc1cnc[nH]1)CC2. The Bertz CT molecular complexity index is 817. The second kappa shape index (κ2) is 6.15. The van der Waals surface area contributed by atoms with Crippen LogP contribution in [-0.2, 0) is 13.0 Å². The highest BCUT2D eigenvalue weighted by atomic mass is 127. The number of hydrogen-bond donors (Lipinski definition) is 2. The summed E-state index contributed by atoms with van der Waals surface area (Å²) in [6, 6.07) is 6.59. The van der Waals surface area contributed by atoms with Gasteiger partial charge in [-0.3, -0.25) is 0 Å². The lowest BCUT2D eigenvalue weighted by atomic mass is 10.0. The Balaban J connectivity index is 1.70. The van der Waals surface area contributed by atoms with Gasteiger partial charge < -0.3 is 13.4 Å². The predicted molar refractivity (Wildman–Crippen MR) is 98.5 cm³/mol. The van der Waals surface area contributed by atoms with Crippen LogP contribution < -0.4 is 8.43 Å². The van der Waals surface area contributed by atoms with Crippen molar-refractivity contribution in [1.29, 1.82) is 0 Å². The van der Waals surface area contributed by atoms with Crippen molar-refractivity contribution in [3.05, 3.63) is 54.5 Å². The maximum atomic E-state index is 4.29. The third-order valence-electron chi connectivity index (χ3n) is 4.11. The highest BCUT2D eigenvalue weighted by Gasteiger charge is 2.20. The smallest absolute Gasteiger partial charge is 0.145 e. The largest absolute Gasteiger partial charge is 0.365 e. The minimum absolute atomic E-state index is 0.832. The van der Waals surface area contributed by atoms with Gasteiger partial charge in [-0.05, 0) is 23.6 Å². The molecule has 2 N–H and O–H groups in total. The molecule has 0 aliphatic carbocycles. The number of nitrogens with one attached hydrogen (secondary N) is 2. The number of imidazole rings is 1. The van der Waals surface area contributed by atoms with E-state index in [0.717, 1.165) is 42.1 Å². The van der Waals surface area contributed by atoms with E-state index in [0.29, 0.717) is 0 Å². The minimum Gasteiger partial charge on any atom is -0.365 e. The number of fused-ring (bicyclic) bond motifs is 1. The summed E-state index contributed by atoms with van der Waals surface area (Å²) >= 11 is 2.10. The van der Waals surface area contributed by atoms with Crippen LogP contribution >= 0.6 is 22.9 Å². The Morgan fingerprint density at radius 1 is 1.26 bits per heavy atom. The van der Waals surface area contributed by atoms with Crippen LogP contribution in [0.5, 0.6) is 0 Å².